The zero-order valence-corrected chi connectivity index (χ0v) is 25.1. The number of aryl methyl sites for hydroxylation is 1. The fourth-order valence-electron chi connectivity index (χ4n) is 5.20. The molecule has 4 rings (SSSR count). The zero-order valence-electron chi connectivity index (χ0n) is 25.1. The van der Waals surface area contributed by atoms with Crippen LogP contribution >= 0.6 is 0 Å². The Kier molecular flexibility index (Phi) is 9.38. The number of benzene rings is 2. The highest BCUT2D eigenvalue weighted by Crippen LogP contribution is 2.36. The van der Waals surface area contributed by atoms with Gasteiger partial charge in [0.25, 0.3) is 5.91 Å². The summed E-state index contributed by atoms with van der Waals surface area (Å²) in [5.74, 6) is -5.00. The minimum atomic E-state index is -5.48. The largest absolute Gasteiger partial charge is 0.493 e. The number of aromatic nitrogens is 1. The topological polar surface area (TPSA) is 138 Å². The van der Waals surface area contributed by atoms with Crippen LogP contribution in [0.2, 0.25) is 0 Å². The summed E-state index contributed by atoms with van der Waals surface area (Å²) in [7, 11) is 0. The van der Waals surface area contributed by atoms with Crippen LogP contribution in [0.5, 0.6) is 5.75 Å². The summed E-state index contributed by atoms with van der Waals surface area (Å²) in [6, 6.07) is 14.8. The fraction of sp³-hybridized carbons (Fsp3) is 0.387. The summed E-state index contributed by atoms with van der Waals surface area (Å²) in [6.45, 7) is 6.40. The van der Waals surface area contributed by atoms with Crippen molar-refractivity contribution < 1.29 is 47.1 Å². The first-order chi connectivity index (χ1) is 21.0. The average Bonchev–Trinajstić information content (AvgIpc) is 3.41. The van der Waals surface area contributed by atoms with Gasteiger partial charge in [0, 0.05) is 40.7 Å². The minimum absolute atomic E-state index is 0.0574. The highest BCUT2D eigenvalue weighted by Gasteiger charge is 2.54. The van der Waals surface area contributed by atoms with E-state index in [1.807, 2.05) is 37.3 Å². The summed E-state index contributed by atoms with van der Waals surface area (Å²) < 4.78 is 46.0. The van der Waals surface area contributed by atoms with E-state index in [9.17, 15) is 37.6 Å². The maximum Gasteiger partial charge on any atom is 0.493 e. The molecule has 240 valence electrons. The third-order valence-corrected chi connectivity index (χ3v) is 7.32. The number of fused-ring (bicyclic) bond motifs is 1. The van der Waals surface area contributed by atoms with Crippen molar-refractivity contribution in [2.24, 2.45) is 5.41 Å². The number of nitrogens with one attached hydrogen (secondary N) is 1. The molecule has 0 aliphatic carbocycles. The molecule has 14 heteroatoms. The second kappa shape index (κ2) is 12.7. The minimum Gasteiger partial charge on any atom is -0.489 e. The molecule has 3 amide bonds. The van der Waals surface area contributed by atoms with E-state index in [1.54, 1.807) is 20.8 Å². The molecule has 11 nitrogen and oxygen atoms in total. The number of hydrogen-bond acceptors (Lipinski definition) is 8. The van der Waals surface area contributed by atoms with E-state index in [2.05, 4.69) is 9.82 Å². The van der Waals surface area contributed by atoms with Gasteiger partial charge in [0.1, 0.15) is 17.9 Å². The van der Waals surface area contributed by atoms with Gasteiger partial charge in [-0.3, -0.25) is 24.6 Å². The van der Waals surface area contributed by atoms with Gasteiger partial charge < -0.3 is 14.5 Å². The number of nitrogens with zero attached hydrogens (tertiary/aromatic N) is 3. The van der Waals surface area contributed by atoms with E-state index in [-0.39, 0.29) is 30.2 Å². The average molecular weight is 631 g/mol. The molecule has 3 aromatic rings. The van der Waals surface area contributed by atoms with Gasteiger partial charge in [-0.1, -0.05) is 39.0 Å². The van der Waals surface area contributed by atoms with Crippen LogP contribution in [0.15, 0.2) is 54.6 Å². The van der Waals surface area contributed by atoms with E-state index >= 15 is 0 Å². The van der Waals surface area contributed by atoms with Crippen LogP contribution in [-0.2, 0) is 25.8 Å². The second-order valence-electron chi connectivity index (χ2n) is 11.9. The van der Waals surface area contributed by atoms with Crippen molar-refractivity contribution in [1.82, 2.24) is 20.4 Å². The normalized spacial score (nSPS) is 16.8. The summed E-state index contributed by atoms with van der Waals surface area (Å²) in [5.41, 5.74) is 0.829. The molecule has 1 aliphatic rings. The first kappa shape index (κ1) is 33.2. The fourth-order valence-corrected chi connectivity index (χ4v) is 5.20. The van der Waals surface area contributed by atoms with Crippen LogP contribution in [-0.4, -0.2) is 68.6 Å². The van der Waals surface area contributed by atoms with E-state index in [0.29, 0.717) is 5.75 Å². The first-order valence-corrected chi connectivity index (χ1v) is 14.0. The SMILES string of the molecule is Cc1cc(COc2ccc(C(=O)N(OC(=O)C(F)(F)F)C3(CC(=O)NO)CCN(C(=O)C(C)(C)C)C3)cc2)c2ccccc2n1. The first-order valence-electron chi connectivity index (χ1n) is 14.0. The summed E-state index contributed by atoms with van der Waals surface area (Å²) in [4.78, 5) is 61.6. The summed E-state index contributed by atoms with van der Waals surface area (Å²) in [6.07, 6.45) is -6.47. The molecular weight excluding hydrogens is 597 g/mol. The maximum atomic E-state index is 13.8. The molecule has 2 aromatic carbocycles. The lowest BCUT2D eigenvalue weighted by Gasteiger charge is -2.38. The molecular formula is C31H33F3N4O7. The Morgan fingerprint density at radius 1 is 1.07 bits per heavy atom. The number of pyridine rings is 1. The van der Waals surface area contributed by atoms with Crippen molar-refractivity contribution in [2.45, 2.75) is 58.9 Å². The number of carbonyl (C=O) groups excluding carboxylic acids is 4. The number of carbonyl (C=O) groups is 4. The van der Waals surface area contributed by atoms with Gasteiger partial charge >= 0.3 is 12.1 Å². The van der Waals surface area contributed by atoms with Crippen molar-refractivity contribution in [3.8, 4) is 5.75 Å². The third-order valence-electron chi connectivity index (χ3n) is 7.32. The Balaban J connectivity index is 1.63. The Labute approximate surface area is 256 Å². The maximum absolute atomic E-state index is 13.8. The van der Waals surface area contributed by atoms with Gasteiger partial charge in [0.15, 0.2) is 0 Å². The molecule has 1 saturated heterocycles. The van der Waals surface area contributed by atoms with Crippen LogP contribution in [0.25, 0.3) is 10.9 Å². The van der Waals surface area contributed by atoms with Crippen molar-refractivity contribution in [3.63, 3.8) is 0 Å². The number of para-hydroxylation sites is 1. The lowest BCUT2D eigenvalue weighted by atomic mass is 9.91. The van der Waals surface area contributed by atoms with Gasteiger partial charge in [-0.05, 0) is 49.7 Å². The quantitative estimate of drug-likeness (QED) is 0.288. The number of likely N-dealkylation sites (tertiary alicyclic amines) is 1. The Bertz CT molecular complexity index is 1610. The van der Waals surface area contributed by atoms with Crippen molar-refractivity contribution in [2.75, 3.05) is 13.1 Å². The molecule has 1 unspecified atom stereocenters. The van der Waals surface area contributed by atoms with Crippen molar-refractivity contribution in [1.29, 1.82) is 0 Å². The number of halogens is 3. The van der Waals surface area contributed by atoms with E-state index in [4.69, 9.17) is 4.74 Å². The molecule has 0 radical (unpaired) electrons. The number of ether oxygens (including phenoxy) is 1. The van der Waals surface area contributed by atoms with Gasteiger partial charge in [0.05, 0.1) is 11.9 Å². The van der Waals surface area contributed by atoms with Gasteiger partial charge in [-0.25, -0.2) is 10.3 Å². The molecule has 2 N–H and O–H groups in total. The molecule has 1 atom stereocenters. The molecule has 1 aromatic heterocycles. The molecule has 2 heterocycles. The van der Waals surface area contributed by atoms with Gasteiger partial charge in [-0.2, -0.15) is 18.2 Å². The van der Waals surface area contributed by atoms with Crippen LogP contribution in [0.1, 0.15) is 55.2 Å². The van der Waals surface area contributed by atoms with Gasteiger partial charge in [-0.15, -0.1) is 0 Å². The molecule has 1 aliphatic heterocycles. The predicted molar refractivity (Wildman–Crippen MR) is 153 cm³/mol. The Hall–Kier alpha value is -4.72. The molecule has 1 fully saturated rings. The Morgan fingerprint density at radius 2 is 1.73 bits per heavy atom. The number of hydroxylamine groups is 3. The van der Waals surface area contributed by atoms with Crippen LogP contribution < -0.4 is 10.2 Å². The van der Waals surface area contributed by atoms with Crippen LogP contribution in [0.3, 0.4) is 0 Å². The summed E-state index contributed by atoms with van der Waals surface area (Å²) in [5, 5.41) is 10.3. The number of amides is 3. The third kappa shape index (κ3) is 7.51. The number of hydrogen-bond donors (Lipinski definition) is 2. The second-order valence-corrected chi connectivity index (χ2v) is 11.9. The Morgan fingerprint density at radius 3 is 2.36 bits per heavy atom. The monoisotopic (exact) mass is 630 g/mol. The highest BCUT2D eigenvalue weighted by molar-refractivity contribution is 5.96. The molecule has 0 saturated carbocycles. The standard InChI is InChI=1S/C31H33F3N4O7/c1-19-15-21(23-7-5-6-8-24(23)35-19)17-44-22-11-9-20(10-12-22)26(40)38(45-28(42)31(32,33)34)30(16-25(39)36-43)13-14-37(18-30)27(41)29(2,3)4/h5-12,15,43H,13-14,16-18H2,1-4H3,(H,36,39). The van der Waals surface area contributed by atoms with Crippen molar-refractivity contribution in [3.05, 3.63) is 71.4 Å². The summed E-state index contributed by atoms with van der Waals surface area (Å²) >= 11 is 0. The molecule has 0 spiro atoms. The number of rotatable bonds is 7. The smallest absolute Gasteiger partial charge is 0.489 e. The highest BCUT2D eigenvalue weighted by atomic mass is 19.4. The number of alkyl halides is 3. The van der Waals surface area contributed by atoms with E-state index in [1.165, 1.54) is 34.6 Å². The lowest BCUT2D eigenvalue weighted by molar-refractivity contribution is -0.243. The van der Waals surface area contributed by atoms with Crippen LogP contribution in [0, 0.1) is 12.3 Å². The van der Waals surface area contributed by atoms with E-state index < -0.39 is 53.8 Å². The van der Waals surface area contributed by atoms with Gasteiger partial charge in [0.2, 0.25) is 11.8 Å². The van der Waals surface area contributed by atoms with E-state index in [0.717, 1.165) is 22.2 Å². The predicted octanol–water partition coefficient (Wildman–Crippen LogP) is 4.50. The molecule has 45 heavy (non-hydrogen) atoms. The molecule has 0 bridgehead atoms. The zero-order chi connectivity index (χ0) is 33.2. The van der Waals surface area contributed by atoms with Crippen LogP contribution in [0.4, 0.5) is 13.2 Å². The van der Waals surface area contributed by atoms with Crippen molar-refractivity contribution >= 4 is 34.6 Å². The lowest BCUT2D eigenvalue weighted by Crippen LogP contribution is -2.57.